The van der Waals surface area contributed by atoms with Crippen molar-refractivity contribution in [3.63, 3.8) is 0 Å². The van der Waals surface area contributed by atoms with Crippen molar-refractivity contribution in [1.82, 2.24) is 0 Å². The van der Waals surface area contributed by atoms with Gasteiger partial charge < -0.3 is 20.4 Å². The van der Waals surface area contributed by atoms with Crippen molar-refractivity contribution < 1.29 is 14.7 Å². The highest BCUT2D eigenvalue weighted by atomic mass is 16.5. The first kappa shape index (κ1) is 13.7. The maximum atomic E-state index is 8.61. The molecule has 0 atom stereocenters. The molecule has 19 heavy (non-hydrogen) atoms. The van der Waals surface area contributed by atoms with E-state index in [9.17, 15) is 0 Å². The van der Waals surface area contributed by atoms with E-state index in [1.165, 1.54) is 0 Å². The van der Waals surface area contributed by atoms with Crippen molar-refractivity contribution in [3.8, 4) is 5.75 Å². The maximum Gasteiger partial charge on any atom is 0.139 e. The van der Waals surface area contributed by atoms with Gasteiger partial charge in [0.15, 0.2) is 0 Å². The molecule has 0 spiro atoms. The van der Waals surface area contributed by atoms with E-state index in [-0.39, 0.29) is 11.3 Å². The molecule has 1 aliphatic rings. The van der Waals surface area contributed by atoms with Crippen LogP contribution in [0.15, 0.2) is 29.4 Å². The normalized spacial score (nSPS) is 17.2. The first-order valence-electron chi connectivity index (χ1n) is 6.34. The zero-order valence-electron chi connectivity index (χ0n) is 11.1. The Balaban J connectivity index is 1.90. The standard InChI is InChI=1S/C14H20N2O3/c1-18-9-11-3-2-4-12(7-11)19-10-14(5-6-14)8-13(15)16-17/h2-4,7,17H,5-6,8-10H2,1H3,(H2,15,16). The number of hydrogen-bond acceptors (Lipinski definition) is 4. The maximum absolute atomic E-state index is 8.61. The monoisotopic (exact) mass is 264 g/mol. The Bertz CT molecular complexity index is 456. The topological polar surface area (TPSA) is 77.1 Å². The van der Waals surface area contributed by atoms with Crippen LogP contribution in [0.3, 0.4) is 0 Å². The average molecular weight is 264 g/mol. The second-order valence-corrected chi connectivity index (χ2v) is 5.14. The van der Waals surface area contributed by atoms with Crippen LogP contribution in [-0.4, -0.2) is 24.8 Å². The zero-order valence-corrected chi connectivity index (χ0v) is 11.1. The Kier molecular flexibility index (Phi) is 4.27. The number of rotatable bonds is 7. The molecule has 1 saturated carbocycles. The number of nitrogens with zero attached hydrogens (tertiary/aromatic N) is 1. The third-order valence-electron chi connectivity index (χ3n) is 3.40. The van der Waals surface area contributed by atoms with Crippen LogP contribution in [-0.2, 0) is 11.3 Å². The van der Waals surface area contributed by atoms with E-state index in [4.69, 9.17) is 20.4 Å². The summed E-state index contributed by atoms with van der Waals surface area (Å²) in [7, 11) is 1.67. The van der Waals surface area contributed by atoms with E-state index in [1.807, 2.05) is 24.3 Å². The molecular weight excluding hydrogens is 244 g/mol. The van der Waals surface area contributed by atoms with Crippen LogP contribution in [0.2, 0.25) is 0 Å². The highest BCUT2D eigenvalue weighted by Crippen LogP contribution is 2.48. The van der Waals surface area contributed by atoms with Crippen molar-refractivity contribution in [1.29, 1.82) is 0 Å². The molecule has 0 saturated heterocycles. The summed E-state index contributed by atoms with van der Waals surface area (Å²) in [6.07, 6.45) is 2.70. The summed E-state index contributed by atoms with van der Waals surface area (Å²) < 4.78 is 10.9. The lowest BCUT2D eigenvalue weighted by atomic mass is 10.0. The number of oxime groups is 1. The van der Waals surface area contributed by atoms with Gasteiger partial charge in [0.2, 0.25) is 0 Å². The van der Waals surface area contributed by atoms with Crippen LogP contribution in [0.25, 0.3) is 0 Å². The minimum absolute atomic E-state index is 0.0492. The molecule has 0 radical (unpaired) electrons. The fraction of sp³-hybridized carbons (Fsp3) is 0.500. The van der Waals surface area contributed by atoms with Gasteiger partial charge in [0, 0.05) is 18.9 Å². The quantitative estimate of drug-likeness (QED) is 0.342. The van der Waals surface area contributed by atoms with Gasteiger partial charge in [-0.1, -0.05) is 17.3 Å². The fourth-order valence-electron chi connectivity index (χ4n) is 2.10. The first-order chi connectivity index (χ1) is 9.17. The Labute approximate surface area is 113 Å². The summed E-state index contributed by atoms with van der Waals surface area (Å²) in [5.74, 6) is 1.11. The van der Waals surface area contributed by atoms with E-state index in [2.05, 4.69) is 5.16 Å². The molecule has 1 aromatic rings. The largest absolute Gasteiger partial charge is 0.493 e. The smallest absolute Gasteiger partial charge is 0.139 e. The van der Waals surface area contributed by atoms with Crippen molar-refractivity contribution >= 4 is 5.84 Å². The van der Waals surface area contributed by atoms with Crippen LogP contribution >= 0.6 is 0 Å². The van der Waals surface area contributed by atoms with Crippen molar-refractivity contribution in [2.45, 2.75) is 25.9 Å². The van der Waals surface area contributed by atoms with Crippen molar-refractivity contribution in [2.24, 2.45) is 16.3 Å². The fourth-order valence-corrected chi connectivity index (χ4v) is 2.10. The van der Waals surface area contributed by atoms with Gasteiger partial charge in [0.05, 0.1) is 13.2 Å². The van der Waals surface area contributed by atoms with Gasteiger partial charge >= 0.3 is 0 Å². The summed E-state index contributed by atoms with van der Waals surface area (Å²) in [5.41, 5.74) is 6.69. The molecule has 0 aromatic heterocycles. The second kappa shape index (κ2) is 5.93. The average Bonchev–Trinajstić information content (AvgIpc) is 3.17. The third kappa shape index (κ3) is 3.86. The summed E-state index contributed by atoms with van der Waals surface area (Å²) in [5, 5.41) is 11.6. The first-order valence-corrected chi connectivity index (χ1v) is 6.34. The molecule has 104 valence electrons. The van der Waals surface area contributed by atoms with Crippen molar-refractivity contribution in [2.75, 3.05) is 13.7 Å². The molecule has 0 unspecified atom stereocenters. The Hall–Kier alpha value is -1.75. The van der Waals surface area contributed by atoms with E-state index in [0.29, 0.717) is 19.6 Å². The minimum atomic E-state index is 0.0492. The van der Waals surface area contributed by atoms with Gasteiger partial charge in [-0.3, -0.25) is 0 Å². The summed E-state index contributed by atoms with van der Waals surface area (Å²) in [6, 6.07) is 7.86. The van der Waals surface area contributed by atoms with Gasteiger partial charge in [-0.15, -0.1) is 0 Å². The molecule has 2 rings (SSSR count). The second-order valence-electron chi connectivity index (χ2n) is 5.14. The van der Waals surface area contributed by atoms with Crippen molar-refractivity contribution in [3.05, 3.63) is 29.8 Å². The zero-order chi connectivity index (χ0) is 13.7. The van der Waals surface area contributed by atoms with Crippen LogP contribution in [0.4, 0.5) is 0 Å². The highest BCUT2D eigenvalue weighted by Gasteiger charge is 2.44. The van der Waals surface area contributed by atoms with E-state index in [0.717, 1.165) is 24.2 Å². The summed E-state index contributed by atoms with van der Waals surface area (Å²) >= 11 is 0. The Morgan fingerprint density at radius 2 is 2.26 bits per heavy atom. The number of methoxy groups -OCH3 is 1. The SMILES string of the molecule is COCc1cccc(OCC2(CC(N)=NO)CC2)c1. The van der Waals surface area contributed by atoms with Crippen LogP contribution < -0.4 is 10.5 Å². The van der Waals surface area contributed by atoms with E-state index >= 15 is 0 Å². The Morgan fingerprint density at radius 3 is 2.89 bits per heavy atom. The molecular formula is C14H20N2O3. The van der Waals surface area contributed by atoms with Gasteiger partial charge in [0.1, 0.15) is 11.6 Å². The molecule has 3 N–H and O–H groups in total. The lowest BCUT2D eigenvalue weighted by Crippen LogP contribution is -2.22. The number of amidine groups is 1. The van der Waals surface area contributed by atoms with Gasteiger partial charge in [-0.2, -0.15) is 0 Å². The molecule has 1 aromatic carbocycles. The lowest BCUT2D eigenvalue weighted by Gasteiger charge is -2.15. The number of ether oxygens (including phenoxy) is 2. The molecule has 5 nitrogen and oxygen atoms in total. The van der Waals surface area contributed by atoms with Gasteiger partial charge in [-0.25, -0.2) is 0 Å². The van der Waals surface area contributed by atoms with Crippen LogP contribution in [0.1, 0.15) is 24.8 Å². The highest BCUT2D eigenvalue weighted by molar-refractivity contribution is 5.80. The molecule has 0 aliphatic heterocycles. The molecule has 0 bridgehead atoms. The van der Waals surface area contributed by atoms with Crippen LogP contribution in [0, 0.1) is 5.41 Å². The number of nitrogens with two attached hydrogens (primary N) is 1. The van der Waals surface area contributed by atoms with Crippen LogP contribution in [0.5, 0.6) is 5.75 Å². The number of hydrogen-bond donors (Lipinski definition) is 2. The number of benzene rings is 1. The predicted octanol–water partition coefficient (Wildman–Crippen LogP) is 2.13. The van der Waals surface area contributed by atoms with E-state index in [1.54, 1.807) is 7.11 Å². The summed E-state index contributed by atoms with van der Waals surface area (Å²) in [4.78, 5) is 0. The summed E-state index contributed by atoms with van der Waals surface area (Å²) in [6.45, 7) is 1.17. The molecule has 0 heterocycles. The van der Waals surface area contributed by atoms with Gasteiger partial charge in [-0.05, 0) is 30.5 Å². The molecule has 1 aliphatic carbocycles. The molecule has 5 heteroatoms. The lowest BCUT2D eigenvalue weighted by molar-refractivity contribution is 0.184. The predicted molar refractivity (Wildman–Crippen MR) is 72.3 cm³/mol. The van der Waals surface area contributed by atoms with E-state index < -0.39 is 0 Å². The minimum Gasteiger partial charge on any atom is -0.493 e. The third-order valence-corrected chi connectivity index (χ3v) is 3.40. The Morgan fingerprint density at radius 1 is 1.47 bits per heavy atom. The molecule has 1 fully saturated rings. The van der Waals surface area contributed by atoms with Gasteiger partial charge in [0.25, 0.3) is 0 Å². The molecule has 0 amide bonds.